The molecule has 0 heterocycles. The molecule has 0 bridgehead atoms. The van der Waals surface area contributed by atoms with E-state index in [9.17, 15) is 0 Å². The van der Waals surface area contributed by atoms with Crippen LogP contribution in [-0.2, 0) is 36.1 Å². The third-order valence-corrected chi connectivity index (χ3v) is 3.51. The minimum Gasteiger partial charge on any atom is -0.481 e. The Morgan fingerprint density at radius 1 is 0.960 bits per heavy atom. The number of carboxylic acid groups (broad SMARTS) is 3. The van der Waals surface area contributed by atoms with Gasteiger partial charge >= 0.3 is 0 Å². The second kappa shape index (κ2) is 14.8. The van der Waals surface area contributed by atoms with Crippen LogP contribution in [0.1, 0.15) is 60.8 Å². The van der Waals surface area contributed by atoms with E-state index in [1.54, 1.807) is 22.3 Å². The molecule has 0 amide bonds. The first-order chi connectivity index (χ1) is 10.9. The molecule has 0 spiro atoms. The number of hydrogen-bond acceptors (Lipinski definition) is 3. The summed E-state index contributed by atoms with van der Waals surface area (Å²) in [5.74, 6) is -1.77. The van der Waals surface area contributed by atoms with Crippen LogP contribution >= 0.6 is 0 Å². The van der Waals surface area contributed by atoms with Crippen molar-refractivity contribution in [1.29, 1.82) is 0 Å². The molecule has 3 N–H and O–H groups in total. The summed E-state index contributed by atoms with van der Waals surface area (Å²) < 4.78 is 0. The van der Waals surface area contributed by atoms with Crippen LogP contribution in [-0.4, -0.2) is 33.2 Å². The van der Waals surface area contributed by atoms with E-state index in [1.165, 1.54) is 19.3 Å². The molecule has 0 aliphatic heterocycles. The van der Waals surface area contributed by atoms with E-state index in [0.717, 1.165) is 26.7 Å². The standard InChI is InChI=1S/C12H17.3C2H4O2.Ti/c1-8-9(2)11-6-4-5-7-12(11)10(8)3;3*1-2(3)4;/h6,10H,4-5,7H2,1-3H3;3*1H3,(H,3,4);/q-1;;;;. The zero-order valence-electron chi connectivity index (χ0n) is 15.8. The molecule has 25 heavy (non-hydrogen) atoms. The fourth-order valence-electron chi connectivity index (χ4n) is 2.45. The van der Waals surface area contributed by atoms with Gasteiger partial charge in [0.2, 0.25) is 0 Å². The second-order valence-electron chi connectivity index (χ2n) is 5.62. The van der Waals surface area contributed by atoms with E-state index in [2.05, 4.69) is 27.2 Å². The van der Waals surface area contributed by atoms with Crippen molar-refractivity contribution in [2.45, 2.75) is 60.8 Å². The molecule has 2 rings (SSSR count). The normalized spacial score (nSPS) is 17.0. The molecule has 0 aromatic rings. The van der Waals surface area contributed by atoms with Gasteiger partial charge in [-0.05, 0) is 0 Å². The van der Waals surface area contributed by atoms with Gasteiger partial charge in [-0.15, -0.1) is 5.57 Å². The van der Waals surface area contributed by atoms with Crippen molar-refractivity contribution >= 4 is 17.9 Å². The van der Waals surface area contributed by atoms with Gasteiger partial charge in [-0.25, -0.2) is 0 Å². The van der Waals surface area contributed by atoms with Gasteiger partial charge < -0.3 is 15.3 Å². The van der Waals surface area contributed by atoms with Gasteiger partial charge in [-0.1, -0.05) is 46.0 Å². The Morgan fingerprint density at radius 2 is 1.32 bits per heavy atom. The number of carbonyl (C=O) groups is 3. The summed E-state index contributed by atoms with van der Waals surface area (Å²) in [5, 5.41) is 22.2. The third-order valence-electron chi connectivity index (χ3n) is 3.51. The minimum atomic E-state index is -0.833. The maximum atomic E-state index is 9.00. The van der Waals surface area contributed by atoms with Gasteiger partial charge in [0, 0.05) is 42.5 Å². The Hall–Kier alpha value is -1.53. The van der Waals surface area contributed by atoms with Crippen molar-refractivity contribution in [2.75, 3.05) is 0 Å². The molecule has 0 saturated heterocycles. The van der Waals surface area contributed by atoms with Crippen LogP contribution in [0.3, 0.4) is 0 Å². The van der Waals surface area contributed by atoms with Gasteiger partial charge in [0.1, 0.15) is 0 Å². The summed E-state index contributed by atoms with van der Waals surface area (Å²) in [4.78, 5) is 27.0. The smallest absolute Gasteiger partial charge is 0.300 e. The van der Waals surface area contributed by atoms with Crippen molar-refractivity contribution in [3.05, 3.63) is 28.7 Å². The van der Waals surface area contributed by atoms with Crippen LogP contribution in [0.2, 0.25) is 0 Å². The number of carboxylic acids is 3. The maximum Gasteiger partial charge on any atom is 0.300 e. The Balaban J connectivity index is -0.000000314. The van der Waals surface area contributed by atoms with Crippen molar-refractivity contribution in [3.8, 4) is 0 Å². The number of rotatable bonds is 0. The predicted molar refractivity (Wildman–Crippen MR) is 92.6 cm³/mol. The molecule has 0 aromatic carbocycles. The average molecular weight is 389 g/mol. The Morgan fingerprint density at radius 3 is 1.64 bits per heavy atom. The van der Waals surface area contributed by atoms with Crippen LogP contribution in [0.15, 0.2) is 22.3 Å². The summed E-state index contributed by atoms with van der Waals surface area (Å²) in [6.07, 6.45) is 6.42. The molecule has 6 nitrogen and oxygen atoms in total. The molecule has 1 unspecified atom stereocenters. The molecule has 1 atom stereocenters. The Bertz CT molecular complexity index is 479. The Kier molecular flexibility index (Phi) is 16.7. The number of hydrogen-bond donors (Lipinski definition) is 3. The van der Waals surface area contributed by atoms with Crippen molar-refractivity contribution in [2.24, 2.45) is 5.92 Å². The van der Waals surface area contributed by atoms with Gasteiger partial charge in [0.25, 0.3) is 17.9 Å². The maximum absolute atomic E-state index is 9.00. The van der Waals surface area contributed by atoms with E-state index in [-0.39, 0.29) is 21.7 Å². The van der Waals surface area contributed by atoms with E-state index >= 15 is 0 Å². The summed E-state index contributed by atoms with van der Waals surface area (Å²) in [6.45, 7) is 10.2. The van der Waals surface area contributed by atoms with Crippen molar-refractivity contribution < 1.29 is 51.4 Å². The summed E-state index contributed by atoms with van der Waals surface area (Å²) in [5.41, 5.74) is 6.44. The third kappa shape index (κ3) is 14.5. The summed E-state index contributed by atoms with van der Waals surface area (Å²) >= 11 is 0. The van der Waals surface area contributed by atoms with E-state index in [1.807, 2.05) is 0 Å². The van der Waals surface area contributed by atoms with Crippen molar-refractivity contribution in [1.82, 2.24) is 0 Å². The SMILES string of the molecule is CC(=O)O.CC(=O)O.CC(=O)O.CC1=C(C)C(C)C2=C1[CH-]CCC2.[Ti]. The van der Waals surface area contributed by atoms with E-state index in [0.29, 0.717) is 0 Å². The first-order valence-electron chi connectivity index (χ1n) is 7.74. The van der Waals surface area contributed by atoms with Crippen LogP contribution < -0.4 is 0 Å². The minimum absolute atomic E-state index is 0. The molecule has 0 saturated carbocycles. The molecular formula is C18H29O6Ti-. The van der Waals surface area contributed by atoms with Crippen molar-refractivity contribution in [3.63, 3.8) is 0 Å². The molecule has 2 aliphatic carbocycles. The predicted octanol–water partition coefficient (Wildman–Crippen LogP) is 3.93. The van der Waals surface area contributed by atoms with Gasteiger partial charge in [0.15, 0.2) is 0 Å². The molecule has 142 valence electrons. The molecule has 2 aliphatic rings. The first-order valence-corrected chi connectivity index (χ1v) is 7.74. The molecule has 0 fully saturated rings. The van der Waals surface area contributed by atoms with Gasteiger partial charge in [-0.2, -0.15) is 23.1 Å². The fourth-order valence-corrected chi connectivity index (χ4v) is 2.45. The van der Waals surface area contributed by atoms with Gasteiger partial charge in [0.05, 0.1) is 0 Å². The fraction of sp³-hybridized carbons (Fsp3) is 0.556. The van der Waals surface area contributed by atoms with Crippen LogP contribution in [0.5, 0.6) is 0 Å². The molecule has 7 heteroatoms. The molecule has 0 aromatic heterocycles. The first kappa shape index (κ1) is 28.3. The van der Waals surface area contributed by atoms with Crippen LogP contribution in [0, 0.1) is 12.3 Å². The van der Waals surface area contributed by atoms with Crippen LogP contribution in [0.25, 0.3) is 0 Å². The topological polar surface area (TPSA) is 112 Å². The van der Waals surface area contributed by atoms with Crippen LogP contribution in [0.4, 0.5) is 0 Å². The average Bonchev–Trinajstić information content (AvgIpc) is 2.63. The monoisotopic (exact) mass is 389 g/mol. The van der Waals surface area contributed by atoms with E-state index in [4.69, 9.17) is 29.7 Å². The second-order valence-corrected chi connectivity index (χ2v) is 5.62. The quantitative estimate of drug-likeness (QED) is 0.428. The summed E-state index contributed by atoms with van der Waals surface area (Å²) in [7, 11) is 0. The Labute approximate surface area is 164 Å². The summed E-state index contributed by atoms with van der Waals surface area (Å²) in [6, 6.07) is 0. The zero-order valence-corrected chi connectivity index (χ0v) is 17.4. The molecule has 0 radical (unpaired) electrons. The number of allylic oxidation sites excluding steroid dienone is 4. The van der Waals surface area contributed by atoms with Gasteiger partial charge in [-0.3, -0.25) is 14.4 Å². The number of aliphatic carboxylic acids is 3. The zero-order chi connectivity index (χ0) is 19.4. The molecular weight excluding hydrogens is 360 g/mol. The van der Waals surface area contributed by atoms with E-state index < -0.39 is 17.9 Å². The largest absolute Gasteiger partial charge is 0.481 e.